The van der Waals surface area contributed by atoms with Crippen LogP contribution in [0.3, 0.4) is 0 Å². The van der Waals surface area contributed by atoms with Gasteiger partial charge in [-0.05, 0) is 24.3 Å². The van der Waals surface area contributed by atoms with Gasteiger partial charge in [-0.3, -0.25) is 0 Å². The molecule has 0 radical (unpaired) electrons. The molecule has 0 atom stereocenters. The zero-order valence-electron chi connectivity index (χ0n) is 12.6. The lowest BCUT2D eigenvalue weighted by Gasteiger charge is -2.10. The number of carbonyl (C=O) groups is 1. The van der Waals surface area contributed by atoms with Crippen LogP contribution in [0.1, 0.15) is 15.9 Å². The Balaban J connectivity index is 2.21. The Morgan fingerprint density at radius 3 is 2.52 bits per heavy atom. The van der Waals surface area contributed by atoms with Gasteiger partial charge in [0, 0.05) is 11.8 Å². The Hall–Kier alpha value is -2.05. The third-order valence-corrected chi connectivity index (χ3v) is 4.58. The number of hydrogen-bond acceptors (Lipinski definition) is 5. The monoisotopic (exact) mass is 354 g/mol. The molecule has 0 heterocycles. The van der Waals surface area contributed by atoms with Crippen LogP contribution in [0.2, 0.25) is 5.02 Å². The second kappa shape index (κ2) is 7.02. The molecule has 0 saturated carbocycles. The fourth-order valence-corrected chi connectivity index (χ4v) is 2.78. The van der Waals surface area contributed by atoms with Gasteiger partial charge < -0.3 is 9.47 Å². The molecule has 0 bridgehead atoms. The fourth-order valence-electron chi connectivity index (χ4n) is 1.93. The third kappa shape index (κ3) is 4.24. The van der Waals surface area contributed by atoms with Crippen LogP contribution in [0, 0.1) is 0 Å². The highest BCUT2D eigenvalue weighted by molar-refractivity contribution is 7.90. The molecule has 0 amide bonds. The number of rotatable bonds is 5. The van der Waals surface area contributed by atoms with Crippen LogP contribution in [0.25, 0.3) is 0 Å². The molecule has 2 rings (SSSR count). The summed E-state index contributed by atoms with van der Waals surface area (Å²) in [6, 6.07) is 11.0. The highest BCUT2D eigenvalue weighted by atomic mass is 35.5. The van der Waals surface area contributed by atoms with Crippen LogP contribution in [-0.4, -0.2) is 27.8 Å². The Morgan fingerprint density at radius 1 is 1.17 bits per heavy atom. The highest BCUT2D eigenvalue weighted by Gasteiger charge is 2.17. The molecule has 5 nitrogen and oxygen atoms in total. The van der Waals surface area contributed by atoms with E-state index in [1.54, 1.807) is 24.3 Å². The maximum absolute atomic E-state index is 12.2. The molecule has 0 saturated heterocycles. The fraction of sp³-hybridized carbons (Fsp3) is 0.188. The van der Waals surface area contributed by atoms with Gasteiger partial charge in [-0.15, -0.1) is 0 Å². The molecular weight excluding hydrogens is 340 g/mol. The number of benzene rings is 2. The molecule has 7 heteroatoms. The van der Waals surface area contributed by atoms with E-state index in [4.69, 9.17) is 21.1 Å². The molecule has 0 aliphatic heterocycles. The molecule has 0 aliphatic carbocycles. The molecule has 23 heavy (non-hydrogen) atoms. The van der Waals surface area contributed by atoms with Gasteiger partial charge in [0.25, 0.3) is 0 Å². The van der Waals surface area contributed by atoms with Gasteiger partial charge in [0.2, 0.25) is 0 Å². The minimum atomic E-state index is -3.44. The molecule has 0 fully saturated rings. The first-order chi connectivity index (χ1) is 10.8. The van der Waals surface area contributed by atoms with Gasteiger partial charge in [0.05, 0.1) is 22.6 Å². The summed E-state index contributed by atoms with van der Waals surface area (Å²) in [4.78, 5) is 12.2. The van der Waals surface area contributed by atoms with Crippen LogP contribution < -0.4 is 4.74 Å². The summed E-state index contributed by atoms with van der Waals surface area (Å²) in [5.74, 6) is -0.109. The van der Waals surface area contributed by atoms with Crippen molar-refractivity contribution in [2.24, 2.45) is 0 Å². The molecule has 2 aromatic carbocycles. The van der Waals surface area contributed by atoms with Crippen molar-refractivity contribution in [1.82, 2.24) is 0 Å². The third-order valence-electron chi connectivity index (χ3n) is 3.14. The second-order valence-electron chi connectivity index (χ2n) is 4.80. The number of carbonyl (C=O) groups excluding carboxylic acids is 1. The Morgan fingerprint density at radius 2 is 1.87 bits per heavy atom. The lowest BCUT2D eigenvalue weighted by Crippen LogP contribution is -2.08. The lowest BCUT2D eigenvalue weighted by molar-refractivity contribution is 0.0470. The predicted octanol–water partition coefficient (Wildman–Crippen LogP) is 3.11. The van der Waals surface area contributed by atoms with Crippen molar-refractivity contribution in [3.05, 3.63) is 58.6 Å². The minimum Gasteiger partial charge on any atom is -0.496 e. The van der Waals surface area contributed by atoms with Gasteiger partial charge in [-0.1, -0.05) is 29.8 Å². The van der Waals surface area contributed by atoms with E-state index in [1.165, 1.54) is 25.3 Å². The molecule has 0 unspecified atom stereocenters. The van der Waals surface area contributed by atoms with Crippen LogP contribution in [-0.2, 0) is 21.2 Å². The van der Waals surface area contributed by atoms with Crippen LogP contribution in [0.4, 0.5) is 0 Å². The van der Waals surface area contributed by atoms with E-state index in [9.17, 15) is 13.2 Å². The number of methoxy groups -OCH3 is 1. The van der Waals surface area contributed by atoms with Crippen LogP contribution >= 0.6 is 11.6 Å². The van der Waals surface area contributed by atoms with Gasteiger partial charge in [-0.25, -0.2) is 13.2 Å². The number of hydrogen-bond donors (Lipinski definition) is 0. The van der Waals surface area contributed by atoms with Gasteiger partial charge >= 0.3 is 5.97 Å². The van der Waals surface area contributed by atoms with E-state index < -0.39 is 15.8 Å². The quantitative estimate of drug-likeness (QED) is 0.771. The zero-order chi connectivity index (χ0) is 17.0. The highest BCUT2D eigenvalue weighted by Crippen LogP contribution is 2.23. The summed E-state index contributed by atoms with van der Waals surface area (Å²) in [5.41, 5.74) is 0.697. The average Bonchev–Trinajstić information content (AvgIpc) is 2.52. The molecule has 122 valence electrons. The predicted molar refractivity (Wildman–Crippen MR) is 86.7 cm³/mol. The van der Waals surface area contributed by atoms with Gasteiger partial charge in [0.15, 0.2) is 9.84 Å². The van der Waals surface area contributed by atoms with Gasteiger partial charge in [0.1, 0.15) is 12.4 Å². The van der Waals surface area contributed by atoms with Crippen LogP contribution in [0.5, 0.6) is 5.75 Å². The van der Waals surface area contributed by atoms with Crippen molar-refractivity contribution in [3.63, 3.8) is 0 Å². The number of halogens is 1. The Kier molecular flexibility index (Phi) is 5.28. The lowest BCUT2D eigenvalue weighted by atomic mass is 10.2. The summed E-state index contributed by atoms with van der Waals surface area (Å²) < 4.78 is 33.5. The van der Waals surface area contributed by atoms with Gasteiger partial charge in [-0.2, -0.15) is 0 Å². The number of para-hydroxylation sites is 1. The van der Waals surface area contributed by atoms with E-state index in [0.717, 1.165) is 6.26 Å². The first-order valence-electron chi connectivity index (χ1n) is 6.61. The minimum absolute atomic E-state index is 0.00416. The summed E-state index contributed by atoms with van der Waals surface area (Å²) in [6.45, 7) is -0.0116. The largest absolute Gasteiger partial charge is 0.496 e. The van der Waals surface area contributed by atoms with E-state index in [2.05, 4.69) is 0 Å². The van der Waals surface area contributed by atoms with Crippen molar-refractivity contribution < 1.29 is 22.7 Å². The van der Waals surface area contributed by atoms with E-state index >= 15 is 0 Å². The molecule has 0 aliphatic rings. The first kappa shape index (κ1) is 17.3. The summed E-state index contributed by atoms with van der Waals surface area (Å²) >= 11 is 5.96. The molecular formula is C16H15ClO5S. The van der Waals surface area contributed by atoms with Crippen molar-refractivity contribution in [3.8, 4) is 5.75 Å². The van der Waals surface area contributed by atoms with Crippen molar-refractivity contribution in [2.75, 3.05) is 13.4 Å². The molecule has 0 spiro atoms. The van der Waals surface area contributed by atoms with Crippen LogP contribution in [0.15, 0.2) is 47.4 Å². The number of sulfone groups is 1. The van der Waals surface area contributed by atoms with E-state index in [-0.39, 0.29) is 22.1 Å². The molecule has 0 aromatic heterocycles. The normalized spacial score (nSPS) is 11.1. The van der Waals surface area contributed by atoms with E-state index in [0.29, 0.717) is 11.3 Å². The Bertz CT molecular complexity index is 830. The van der Waals surface area contributed by atoms with Crippen molar-refractivity contribution in [1.29, 1.82) is 0 Å². The van der Waals surface area contributed by atoms with E-state index in [1.807, 2.05) is 0 Å². The van der Waals surface area contributed by atoms with Crippen molar-refractivity contribution >= 4 is 27.4 Å². The first-order valence-corrected chi connectivity index (χ1v) is 8.88. The standard InChI is InChI=1S/C16H15ClO5S/c1-21-15-6-4-3-5-11(15)10-22-16(18)13-9-12(23(2,19)20)7-8-14(13)17/h3-9H,10H2,1-2H3. The maximum Gasteiger partial charge on any atom is 0.340 e. The summed E-state index contributed by atoms with van der Waals surface area (Å²) in [5, 5.41) is 0.127. The smallest absolute Gasteiger partial charge is 0.340 e. The Labute approximate surface area is 139 Å². The number of ether oxygens (including phenoxy) is 2. The number of esters is 1. The topological polar surface area (TPSA) is 69.7 Å². The molecule has 2 aromatic rings. The summed E-state index contributed by atoms with van der Waals surface area (Å²) in [7, 11) is -1.92. The van der Waals surface area contributed by atoms with Crippen molar-refractivity contribution in [2.45, 2.75) is 11.5 Å². The maximum atomic E-state index is 12.2. The average molecular weight is 355 g/mol. The second-order valence-corrected chi connectivity index (χ2v) is 7.22. The molecule has 0 N–H and O–H groups in total. The SMILES string of the molecule is COc1ccccc1COC(=O)c1cc(S(C)(=O)=O)ccc1Cl. The summed E-state index contributed by atoms with van der Waals surface area (Å²) in [6.07, 6.45) is 1.06. The zero-order valence-corrected chi connectivity index (χ0v) is 14.1.